The van der Waals surface area contributed by atoms with E-state index in [-0.39, 0.29) is 24.3 Å². The van der Waals surface area contributed by atoms with Crippen LogP contribution in [0.5, 0.6) is 0 Å². The van der Waals surface area contributed by atoms with Crippen molar-refractivity contribution in [1.29, 1.82) is 0 Å². The van der Waals surface area contributed by atoms with Crippen molar-refractivity contribution in [2.24, 2.45) is 7.05 Å². The number of esters is 1. The Morgan fingerprint density at radius 1 is 1.36 bits per heavy atom. The summed E-state index contributed by atoms with van der Waals surface area (Å²) in [4.78, 5) is 32.8. The molecule has 3 rings (SSSR count). The van der Waals surface area contributed by atoms with Crippen molar-refractivity contribution in [3.8, 4) is 0 Å². The molecule has 1 saturated carbocycles. The van der Waals surface area contributed by atoms with Crippen LogP contribution in [-0.2, 0) is 17.3 Å². The predicted molar refractivity (Wildman–Crippen MR) is 93.6 cm³/mol. The van der Waals surface area contributed by atoms with Crippen LogP contribution in [0.2, 0.25) is 0 Å². The second-order valence-electron chi connectivity index (χ2n) is 5.95. The molecule has 1 fully saturated rings. The first-order chi connectivity index (χ1) is 12.1. The normalized spacial score (nSPS) is 15.8. The average molecular weight is 363 g/mol. The van der Waals surface area contributed by atoms with Crippen molar-refractivity contribution in [1.82, 2.24) is 19.9 Å². The maximum atomic E-state index is 12.5. The summed E-state index contributed by atoms with van der Waals surface area (Å²) >= 11 is 1.55. The molecule has 2 aromatic rings. The molecule has 8 nitrogen and oxygen atoms in total. The van der Waals surface area contributed by atoms with Gasteiger partial charge in [0.15, 0.2) is 0 Å². The van der Waals surface area contributed by atoms with Crippen molar-refractivity contribution in [3.05, 3.63) is 28.5 Å². The van der Waals surface area contributed by atoms with Gasteiger partial charge in [-0.2, -0.15) is 0 Å². The molecule has 1 aliphatic carbocycles. The number of imidazole rings is 1. The number of anilines is 1. The summed E-state index contributed by atoms with van der Waals surface area (Å²) in [7, 11) is 1.65. The molecule has 2 heterocycles. The number of amides is 2. The molecule has 2 aromatic heterocycles. The predicted octanol–water partition coefficient (Wildman–Crippen LogP) is 2.64. The van der Waals surface area contributed by atoms with E-state index in [1.165, 1.54) is 10.8 Å². The van der Waals surface area contributed by atoms with E-state index < -0.39 is 11.5 Å². The molecule has 134 valence electrons. The molecule has 0 radical (unpaired) electrons. The Bertz CT molecular complexity index is 750. The first kappa shape index (κ1) is 17.4. The Balaban J connectivity index is 1.71. The van der Waals surface area contributed by atoms with Gasteiger partial charge in [0.25, 0.3) is 0 Å². The zero-order chi connectivity index (χ0) is 17.9. The molecular weight excluding hydrogens is 342 g/mol. The largest absolute Gasteiger partial charge is 0.461 e. The van der Waals surface area contributed by atoms with Gasteiger partial charge in [0.1, 0.15) is 10.7 Å². The second-order valence-corrected chi connectivity index (χ2v) is 6.85. The number of rotatable bonds is 5. The standard InChI is InChI=1S/C16H21N5O3S/c1-3-24-12(22)11-10-18-14(21(11)2)19-15(23)20-16(6-4-5-7-16)13-17-8-9-25-13/h8-10H,3-7H2,1-2H3,(H2,18,19,20,23). The highest BCUT2D eigenvalue weighted by molar-refractivity contribution is 7.09. The lowest BCUT2D eigenvalue weighted by Gasteiger charge is -2.28. The summed E-state index contributed by atoms with van der Waals surface area (Å²) in [5.41, 5.74) is -0.138. The molecule has 0 atom stereocenters. The van der Waals surface area contributed by atoms with Gasteiger partial charge in [-0.25, -0.2) is 19.6 Å². The lowest BCUT2D eigenvalue weighted by molar-refractivity contribution is 0.0515. The van der Waals surface area contributed by atoms with Crippen molar-refractivity contribution in [2.75, 3.05) is 11.9 Å². The number of nitrogens with one attached hydrogen (secondary N) is 2. The maximum absolute atomic E-state index is 12.5. The Morgan fingerprint density at radius 2 is 2.12 bits per heavy atom. The molecule has 0 aliphatic heterocycles. The fraction of sp³-hybridized carbons (Fsp3) is 0.500. The average Bonchev–Trinajstić information content (AvgIpc) is 3.30. The van der Waals surface area contributed by atoms with E-state index in [9.17, 15) is 9.59 Å². The number of ether oxygens (including phenoxy) is 1. The number of carbonyl (C=O) groups is 2. The van der Waals surface area contributed by atoms with Gasteiger partial charge in [-0.15, -0.1) is 11.3 Å². The van der Waals surface area contributed by atoms with Gasteiger partial charge in [-0.3, -0.25) is 5.32 Å². The quantitative estimate of drug-likeness (QED) is 0.796. The van der Waals surface area contributed by atoms with Gasteiger partial charge in [0.2, 0.25) is 5.95 Å². The van der Waals surface area contributed by atoms with Crippen molar-refractivity contribution in [2.45, 2.75) is 38.1 Å². The maximum Gasteiger partial charge on any atom is 0.356 e. The molecule has 0 unspecified atom stereocenters. The number of nitrogens with zero attached hydrogens (tertiary/aromatic N) is 3. The Kier molecular flexibility index (Phi) is 5.03. The molecule has 2 amide bonds. The summed E-state index contributed by atoms with van der Waals surface area (Å²) in [6.45, 7) is 2.02. The number of hydrogen-bond donors (Lipinski definition) is 2. The van der Waals surface area contributed by atoms with E-state index in [1.54, 1.807) is 31.5 Å². The first-order valence-corrected chi connectivity index (χ1v) is 9.11. The smallest absolute Gasteiger partial charge is 0.356 e. The molecule has 0 aromatic carbocycles. The Labute approximate surface area is 149 Å². The van der Waals surface area contributed by atoms with Crippen molar-refractivity contribution in [3.63, 3.8) is 0 Å². The number of aromatic nitrogens is 3. The molecular formula is C16H21N5O3S. The fourth-order valence-electron chi connectivity index (χ4n) is 3.10. The highest BCUT2D eigenvalue weighted by Gasteiger charge is 2.39. The second kappa shape index (κ2) is 7.22. The zero-order valence-corrected chi connectivity index (χ0v) is 15.1. The highest BCUT2D eigenvalue weighted by atomic mass is 32.1. The molecule has 25 heavy (non-hydrogen) atoms. The third-order valence-electron chi connectivity index (χ3n) is 4.35. The lowest BCUT2D eigenvalue weighted by atomic mass is 9.99. The van der Waals surface area contributed by atoms with Crippen LogP contribution in [-0.4, -0.2) is 33.1 Å². The van der Waals surface area contributed by atoms with Crippen molar-refractivity contribution < 1.29 is 14.3 Å². The molecule has 9 heteroatoms. The molecule has 0 spiro atoms. The third kappa shape index (κ3) is 3.51. The van der Waals surface area contributed by atoms with E-state index in [4.69, 9.17) is 4.74 Å². The van der Waals surface area contributed by atoms with Gasteiger partial charge in [-0.05, 0) is 19.8 Å². The van der Waals surface area contributed by atoms with Gasteiger partial charge in [-0.1, -0.05) is 12.8 Å². The molecule has 1 aliphatic rings. The van der Waals surface area contributed by atoms with E-state index in [0.29, 0.717) is 0 Å². The Morgan fingerprint density at radius 3 is 2.76 bits per heavy atom. The van der Waals surface area contributed by atoms with Gasteiger partial charge in [0, 0.05) is 18.6 Å². The van der Waals surface area contributed by atoms with Gasteiger partial charge >= 0.3 is 12.0 Å². The van der Waals surface area contributed by atoms with E-state index in [1.807, 2.05) is 5.38 Å². The summed E-state index contributed by atoms with van der Waals surface area (Å²) < 4.78 is 6.47. The zero-order valence-electron chi connectivity index (χ0n) is 14.2. The minimum atomic E-state index is -0.471. The SMILES string of the molecule is CCOC(=O)c1cnc(NC(=O)NC2(c3nccs3)CCCC2)n1C. The summed E-state index contributed by atoms with van der Waals surface area (Å²) in [6, 6.07) is -0.360. The number of hydrogen-bond acceptors (Lipinski definition) is 6. The lowest BCUT2D eigenvalue weighted by Crippen LogP contribution is -2.46. The number of thiazole rings is 1. The monoisotopic (exact) mass is 363 g/mol. The summed E-state index contributed by atoms with van der Waals surface area (Å²) in [5.74, 6) is -0.186. The van der Waals surface area contributed by atoms with Crippen LogP contribution in [0.15, 0.2) is 17.8 Å². The van der Waals surface area contributed by atoms with Gasteiger partial charge in [0.05, 0.1) is 18.3 Å². The van der Waals surface area contributed by atoms with Crippen LogP contribution in [0, 0.1) is 0 Å². The minimum absolute atomic E-state index is 0.281. The fourth-order valence-corrected chi connectivity index (χ4v) is 3.95. The van der Waals surface area contributed by atoms with Crippen LogP contribution >= 0.6 is 11.3 Å². The third-order valence-corrected chi connectivity index (χ3v) is 5.33. The first-order valence-electron chi connectivity index (χ1n) is 8.24. The van der Waals surface area contributed by atoms with E-state index >= 15 is 0 Å². The van der Waals surface area contributed by atoms with Crippen LogP contribution < -0.4 is 10.6 Å². The topological polar surface area (TPSA) is 98.1 Å². The van der Waals surface area contributed by atoms with Crippen molar-refractivity contribution >= 4 is 29.3 Å². The number of urea groups is 1. The Hall–Kier alpha value is -2.42. The minimum Gasteiger partial charge on any atom is -0.461 e. The number of carbonyl (C=O) groups excluding carboxylic acids is 2. The molecule has 0 saturated heterocycles. The molecule has 2 N–H and O–H groups in total. The van der Waals surface area contributed by atoms with Crippen LogP contribution in [0.25, 0.3) is 0 Å². The van der Waals surface area contributed by atoms with Crippen LogP contribution in [0.3, 0.4) is 0 Å². The summed E-state index contributed by atoms with van der Waals surface area (Å²) in [6.07, 6.45) is 6.97. The van der Waals surface area contributed by atoms with E-state index in [0.717, 1.165) is 30.7 Å². The van der Waals surface area contributed by atoms with Crippen LogP contribution in [0.4, 0.5) is 10.7 Å². The van der Waals surface area contributed by atoms with Gasteiger partial charge < -0.3 is 14.6 Å². The highest BCUT2D eigenvalue weighted by Crippen LogP contribution is 2.39. The molecule has 0 bridgehead atoms. The van der Waals surface area contributed by atoms with Crippen LogP contribution in [0.1, 0.15) is 48.1 Å². The van der Waals surface area contributed by atoms with E-state index in [2.05, 4.69) is 20.6 Å². The summed E-state index contributed by atoms with van der Waals surface area (Å²) in [5, 5.41) is 8.61.